The monoisotopic (exact) mass is 209 g/mol. The minimum Gasteiger partial charge on any atom is -0.314 e. The van der Waals surface area contributed by atoms with Crippen LogP contribution in [0, 0.1) is 11.8 Å². The molecule has 1 aliphatic carbocycles. The summed E-state index contributed by atoms with van der Waals surface area (Å²) in [4.78, 5) is 0. The van der Waals surface area contributed by atoms with Gasteiger partial charge >= 0.3 is 0 Å². The Bertz CT molecular complexity index is 184. The molecule has 0 aromatic carbocycles. The quantitative estimate of drug-likeness (QED) is 0.537. The van der Waals surface area contributed by atoms with Crippen LogP contribution in [0.25, 0.3) is 0 Å². The molecule has 1 fully saturated rings. The number of allylic oxidation sites excluding steroid dienone is 1. The zero-order chi connectivity index (χ0) is 11.1. The molecule has 0 saturated heterocycles. The molecule has 15 heavy (non-hydrogen) atoms. The molecule has 0 amide bonds. The van der Waals surface area contributed by atoms with Gasteiger partial charge in [0.05, 0.1) is 0 Å². The molecule has 1 aliphatic rings. The Morgan fingerprint density at radius 1 is 1.33 bits per heavy atom. The van der Waals surface area contributed by atoms with Gasteiger partial charge in [0.15, 0.2) is 0 Å². The fraction of sp³-hybridized carbons (Fsp3) is 0.857. The lowest BCUT2D eigenvalue weighted by Gasteiger charge is -2.32. The van der Waals surface area contributed by atoms with Crippen LogP contribution in [0.15, 0.2) is 12.2 Å². The van der Waals surface area contributed by atoms with Gasteiger partial charge in [-0.3, -0.25) is 0 Å². The number of nitrogens with one attached hydrogen (secondary N) is 1. The van der Waals surface area contributed by atoms with Crippen LogP contribution in [0.5, 0.6) is 0 Å². The Morgan fingerprint density at radius 3 is 2.80 bits per heavy atom. The van der Waals surface area contributed by atoms with E-state index in [1.807, 2.05) is 0 Å². The van der Waals surface area contributed by atoms with Crippen molar-refractivity contribution >= 4 is 0 Å². The molecule has 0 bridgehead atoms. The van der Waals surface area contributed by atoms with E-state index in [0.717, 1.165) is 24.4 Å². The van der Waals surface area contributed by atoms with E-state index in [4.69, 9.17) is 0 Å². The SMILES string of the molecule is C/C=C/CCNC1CCCC(C(C)C)C1. The third-order valence-corrected chi connectivity index (χ3v) is 3.64. The summed E-state index contributed by atoms with van der Waals surface area (Å²) < 4.78 is 0. The van der Waals surface area contributed by atoms with E-state index in [1.54, 1.807) is 0 Å². The smallest absolute Gasteiger partial charge is 0.00699 e. The normalized spacial score (nSPS) is 27.7. The van der Waals surface area contributed by atoms with Crippen molar-refractivity contribution in [3.63, 3.8) is 0 Å². The Kier molecular flexibility index (Phi) is 6.00. The van der Waals surface area contributed by atoms with Crippen LogP contribution < -0.4 is 5.32 Å². The third-order valence-electron chi connectivity index (χ3n) is 3.64. The first-order chi connectivity index (χ1) is 7.24. The van der Waals surface area contributed by atoms with Crippen molar-refractivity contribution in [2.24, 2.45) is 11.8 Å². The third kappa shape index (κ3) is 4.83. The van der Waals surface area contributed by atoms with Crippen LogP contribution in [-0.2, 0) is 0 Å². The highest BCUT2D eigenvalue weighted by Crippen LogP contribution is 2.29. The highest BCUT2D eigenvalue weighted by molar-refractivity contribution is 4.82. The molecule has 2 atom stereocenters. The van der Waals surface area contributed by atoms with Crippen molar-refractivity contribution in [2.75, 3.05) is 6.54 Å². The van der Waals surface area contributed by atoms with E-state index in [1.165, 1.54) is 32.1 Å². The van der Waals surface area contributed by atoms with Crippen LogP contribution >= 0.6 is 0 Å². The molecule has 1 rings (SSSR count). The molecule has 2 unspecified atom stereocenters. The highest BCUT2D eigenvalue weighted by Gasteiger charge is 2.23. The second kappa shape index (κ2) is 7.05. The molecule has 0 aromatic rings. The molecular weight excluding hydrogens is 182 g/mol. The summed E-state index contributed by atoms with van der Waals surface area (Å²) in [6, 6.07) is 0.788. The van der Waals surface area contributed by atoms with Crippen molar-refractivity contribution in [1.29, 1.82) is 0 Å². The fourth-order valence-electron chi connectivity index (χ4n) is 2.56. The molecule has 88 valence electrons. The maximum absolute atomic E-state index is 3.69. The lowest BCUT2D eigenvalue weighted by atomic mass is 9.79. The maximum atomic E-state index is 3.69. The second-order valence-corrected chi connectivity index (χ2v) is 5.18. The summed E-state index contributed by atoms with van der Waals surface area (Å²) in [5.41, 5.74) is 0. The average Bonchev–Trinajstić information content (AvgIpc) is 2.25. The van der Waals surface area contributed by atoms with Crippen LogP contribution in [0.2, 0.25) is 0 Å². The van der Waals surface area contributed by atoms with E-state index in [-0.39, 0.29) is 0 Å². The molecule has 1 heteroatoms. The topological polar surface area (TPSA) is 12.0 Å². The number of hydrogen-bond acceptors (Lipinski definition) is 1. The van der Waals surface area contributed by atoms with E-state index >= 15 is 0 Å². The van der Waals surface area contributed by atoms with Crippen LogP contribution in [0.3, 0.4) is 0 Å². The zero-order valence-corrected chi connectivity index (χ0v) is 10.6. The Balaban J connectivity index is 2.18. The van der Waals surface area contributed by atoms with E-state index in [2.05, 4.69) is 38.2 Å². The Labute approximate surface area is 95.3 Å². The number of rotatable bonds is 5. The lowest BCUT2D eigenvalue weighted by Crippen LogP contribution is -2.35. The average molecular weight is 209 g/mol. The van der Waals surface area contributed by atoms with Gasteiger partial charge in [0.25, 0.3) is 0 Å². The van der Waals surface area contributed by atoms with Gasteiger partial charge in [-0.1, -0.05) is 38.8 Å². The summed E-state index contributed by atoms with van der Waals surface area (Å²) in [5.74, 6) is 1.82. The minimum atomic E-state index is 0.788. The van der Waals surface area contributed by atoms with Gasteiger partial charge in [0.1, 0.15) is 0 Å². The summed E-state index contributed by atoms with van der Waals surface area (Å²) in [6.07, 6.45) is 11.2. The van der Waals surface area contributed by atoms with E-state index < -0.39 is 0 Å². The largest absolute Gasteiger partial charge is 0.314 e. The molecular formula is C14H27N. The van der Waals surface area contributed by atoms with Gasteiger partial charge < -0.3 is 5.32 Å². The van der Waals surface area contributed by atoms with Crippen molar-refractivity contribution in [1.82, 2.24) is 5.32 Å². The van der Waals surface area contributed by atoms with Crippen LogP contribution in [0.1, 0.15) is 52.9 Å². The fourth-order valence-corrected chi connectivity index (χ4v) is 2.56. The second-order valence-electron chi connectivity index (χ2n) is 5.18. The first-order valence-corrected chi connectivity index (χ1v) is 6.58. The number of hydrogen-bond donors (Lipinski definition) is 1. The van der Waals surface area contributed by atoms with Crippen molar-refractivity contribution in [2.45, 2.75) is 58.9 Å². The standard InChI is InChI=1S/C14H27N/c1-4-5-6-10-15-14-9-7-8-13(11-14)12(2)3/h4-5,12-15H,6-11H2,1-3H3/b5-4+. The van der Waals surface area contributed by atoms with E-state index in [9.17, 15) is 0 Å². The van der Waals surface area contributed by atoms with Gasteiger partial charge in [0, 0.05) is 6.04 Å². The minimum absolute atomic E-state index is 0.788. The Morgan fingerprint density at radius 2 is 2.13 bits per heavy atom. The van der Waals surface area contributed by atoms with Gasteiger partial charge in [-0.25, -0.2) is 0 Å². The maximum Gasteiger partial charge on any atom is 0.00699 e. The van der Waals surface area contributed by atoms with Crippen LogP contribution in [0.4, 0.5) is 0 Å². The van der Waals surface area contributed by atoms with Gasteiger partial charge in [-0.05, 0) is 44.6 Å². The van der Waals surface area contributed by atoms with Crippen molar-refractivity contribution in [3.8, 4) is 0 Å². The first kappa shape index (κ1) is 12.8. The van der Waals surface area contributed by atoms with Gasteiger partial charge in [-0.2, -0.15) is 0 Å². The highest BCUT2D eigenvalue weighted by atomic mass is 14.9. The van der Waals surface area contributed by atoms with Gasteiger partial charge in [0.2, 0.25) is 0 Å². The molecule has 0 aromatic heterocycles. The van der Waals surface area contributed by atoms with Crippen molar-refractivity contribution in [3.05, 3.63) is 12.2 Å². The van der Waals surface area contributed by atoms with E-state index in [0.29, 0.717) is 0 Å². The van der Waals surface area contributed by atoms with Crippen molar-refractivity contribution < 1.29 is 0 Å². The summed E-state index contributed by atoms with van der Waals surface area (Å²) in [5, 5.41) is 3.69. The molecule has 0 spiro atoms. The molecule has 0 radical (unpaired) electrons. The molecule has 0 heterocycles. The molecule has 0 aliphatic heterocycles. The molecule has 1 nitrogen and oxygen atoms in total. The Hall–Kier alpha value is -0.300. The first-order valence-electron chi connectivity index (χ1n) is 6.58. The predicted octanol–water partition coefficient (Wildman–Crippen LogP) is 3.76. The summed E-state index contributed by atoms with van der Waals surface area (Å²) >= 11 is 0. The summed E-state index contributed by atoms with van der Waals surface area (Å²) in [7, 11) is 0. The predicted molar refractivity (Wildman–Crippen MR) is 68.0 cm³/mol. The summed E-state index contributed by atoms with van der Waals surface area (Å²) in [6.45, 7) is 7.98. The van der Waals surface area contributed by atoms with Gasteiger partial charge in [-0.15, -0.1) is 0 Å². The molecule has 1 saturated carbocycles. The molecule has 1 N–H and O–H groups in total. The zero-order valence-electron chi connectivity index (χ0n) is 10.6. The lowest BCUT2D eigenvalue weighted by molar-refractivity contribution is 0.232. The van der Waals surface area contributed by atoms with Crippen LogP contribution in [-0.4, -0.2) is 12.6 Å².